The first-order valence-corrected chi connectivity index (χ1v) is 11.2. The van der Waals surface area contributed by atoms with Gasteiger partial charge >= 0.3 is 0 Å². The average Bonchev–Trinajstić information content (AvgIpc) is 2.75. The number of methoxy groups -OCH3 is 2. The van der Waals surface area contributed by atoms with E-state index in [2.05, 4.69) is 10.6 Å². The molecule has 0 bridgehead atoms. The smallest absolute Gasteiger partial charge is 0.223 e. The van der Waals surface area contributed by atoms with Gasteiger partial charge in [0.25, 0.3) is 0 Å². The Bertz CT molecular complexity index is 457. The maximum Gasteiger partial charge on any atom is 0.223 e. The molecule has 0 aromatic carbocycles. The highest BCUT2D eigenvalue weighted by atomic mass is 16.5. The van der Waals surface area contributed by atoms with Crippen LogP contribution in [0.15, 0.2) is 0 Å². The van der Waals surface area contributed by atoms with E-state index in [1.165, 1.54) is 0 Å². The zero-order chi connectivity index (χ0) is 19.9. The van der Waals surface area contributed by atoms with Gasteiger partial charge in [-0.25, -0.2) is 0 Å². The highest BCUT2D eigenvalue weighted by Crippen LogP contribution is 2.30. The van der Waals surface area contributed by atoms with Crippen molar-refractivity contribution in [2.45, 2.75) is 101 Å². The van der Waals surface area contributed by atoms with Crippen molar-refractivity contribution in [1.29, 1.82) is 0 Å². The minimum absolute atomic E-state index is 0.0707. The molecule has 3 rings (SSSR count). The molecule has 0 unspecified atom stereocenters. The first-order valence-electron chi connectivity index (χ1n) is 11.2. The molecule has 3 saturated carbocycles. The van der Waals surface area contributed by atoms with E-state index in [0.717, 1.165) is 77.0 Å². The van der Waals surface area contributed by atoms with Gasteiger partial charge in [-0.05, 0) is 77.0 Å². The van der Waals surface area contributed by atoms with Crippen molar-refractivity contribution in [1.82, 2.24) is 10.6 Å². The summed E-state index contributed by atoms with van der Waals surface area (Å²) in [5.41, 5.74) is 0. The van der Waals surface area contributed by atoms with Crippen molar-refractivity contribution in [3.05, 3.63) is 0 Å². The number of carbonyl (C=O) groups excluding carboxylic acids is 2. The summed E-state index contributed by atoms with van der Waals surface area (Å²) in [4.78, 5) is 25.2. The van der Waals surface area contributed by atoms with Crippen LogP contribution in [-0.4, -0.2) is 50.3 Å². The molecule has 0 aromatic heterocycles. The molecule has 2 amide bonds. The van der Waals surface area contributed by atoms with Crippen LogP contribution in [0.1, 0.15) is 77.0 Å². The van der Waals surface area contributed by atoms with Gasteiger partial charge in [-0.15, -0.1) is 0 Å². The minimum Gasteiger partial charge on any atom is -0.381 e. The van der Waals surface area contributed by atoms with E-state index in [9.17, 15) is 9.59 Å². The number of nitrogens with one attached hydrogen (secondary N) is 2. The summed E-state index contributed by atoms with van der Waals surface area (Å²) in [6.45, 7) is 0. The summed E-state index contributed by atoms with van der Waals surface area (Å²) in [6.07, 6.45) is 12.2. The highest BCUT2D eigenvalue weighted by molar-refractivity contribution is 5.81. The molecular weight excluding hydrogens is 356 g/mol. The zero-order valence-corrected chi connectivity index (χ0v) is 17.6. The molecule has 3 aliphatic rings. The van der Waals surface area contributed by atoms with Gasteiger partial charge in [-0.3, -0.25) is 9.59 Å². The maximum atomic E-state index is 12.6. The molecular formula is C22H38N2O4. The molecule has 0 atom stereocenters. The largest absolute Gasteiger partial charge is 0.381 e. The van der Waals surface area contributed by atoms with E-state index < -0.39 is 0 Å². The van der Waals surface area contributed by atoms with Crippen LogP contribution in [0.2, 0.25) is 0 Å². The van der Waals surface area contributed by atoms with Crippen molar-refractivity contribution in [2.24, 2.45) is 11.8 Å². The van der Waals surface area contributed by atoms with Gasteiger partial charge in [-0.1, -0.05) is 0 Å². The van der Waals surface area contributed by atoms with E-state index in [1.54, 1.807) is 14.2 Å². The Labute approximate surface area is 169 Å². The first kappa shape index (κ1) is 21.6. The van der Waals surface area contributed by atoms with Crippen molar-refractivity contribution >= 4 is 11.8 Å². The molecule has 2 N–H and O–H groups in total. The fourth-order valence-electron chi connectivity index (χ4n) is 5.14. The Morgan fingerprint density at radius 3 is 1.18 bits per heavy atom. The second kappa shape index (κ2) is 10.6. The summed E-state index contributed by atoms with van der Waals surface area (Å²) in [6, 6.07) is 0.587. The second-order valence-electron chi connectivity index (χ2n) is 8.98. The lowest BCUT2D eigenvalue weighted by atomic mass is 9.80. The number of rotatable bonds is 6. The predicted molar refractivity (Wildman–Crippen MR) is 108 cm³/mol. The SMILES string of the molecule is COC1CCC(NC(=O)C2CCC(C(=O)NC3CCC(OC)CC3)CC2)CC1. The lowest BCUT2D eigenvalue weighted by molar-refractivity contribution is -0.131. The third-order valence-corrected chi connectivity index (χ3v) is 7.18. The van der Waals surface area contributed by atoms with Crippen molar-refractivity contribution < 1.29 is 19.1 Å². The van der Waals surface area contributed by atoms with Crippen LogP contribution < -0.4 is 10.6 Å². The molecule has 6 nitrogen and oxygen atoms in total. The van der Waals surface area contributed by atoms with Crippen molar-refractivity contribution in [3.8, 4) is 0 Å². The van der Waals surface area contributed by atoms with Crippen LogP contribution in [-0.2, 0) is 19.1 Å². The molecule has 28 heavy (non-hydrogen) atoms. The molecule has 3 aliphatic carbocycles. The van der Waals surface area contributed by atoms with E-state index in [1.807, 2.05) is 0 Å². The Kier molecular flexibility index (Phi) is 8.15. The van der Waals surface area contributed by atoms with Gasteiger partial charge in [0.05, 0.1) is 12.2 Å². The van der Waals surface area contributed by atoms with Crippen LogP contribution in [0.4, 0.5) is 0 Å². The monoisotopic (exact) mass is 394 g/mol. The molecule has 0 spiro atoms. The average molecular weight is 395 g/mol. The lowest BCUT2D eigenvalue weighted by Crippen LogP contribution is -2.45. The molecule has 6 heteroatoms. The molecule has 0 radical (unpaired) electrons. The standard InChI is InChI=1S/C22H38N2O4/c1-27-19-11-7-17(8-12-19)23-21(25)15-3-5-16(6-4-15)22(26)24-18-9-13-20(28-2)14-10-18/h15-20H,3-14H2,1-2H3,(H,23,25)(H,24,26). The number of hydrogen-bond acceptors (Lipinski definition) is 4. The Morgan fingerprint density at radius 1 is 0.571 bits per heavy atom. The quantitative estimate of drug-likeness (QED) is 0.726. The number of carbonyl (C=O) groups is 2. The second-order valence-corrected chi connectivity index (χ2v) is 8.98. The van der Waals surface area contributed by atoms with Crippen LogP contribution in [0.5, 0.6) is 0 Å². The van der Waals surface area contributed by atoms with Crippen LogP contribution >= 0.6 is 0 Å². The summed E-state index contributed by atoms with van der Waals surface area (Å²) in [5, 5.41) is 6.49. The van der Waals surface area contributed by atoms with Crippen LogP contribution in [0.3, 0.4) is 0 Å². The third-order valence-electron chi connectivity index (χ3n) is 7.18. The van der Waals surface area contributed by atoms with Gasteiger partial charge in [0, 0.05) is 38.1 Å². The highest BCUT2D eigenvalue weighted by Gasteiger charge is 2.32. The van der Waals surface area contributed by atoms with Gasteiger partial charge in [0.15, 0.2) is 0 Å². The van der Waals surface area contributed by atoms with Crippen molar-refractivity contribution in [2.75, 3.05) is 14.2 Å². The molecule has 0 saturated heterocycles. The number of hydrogen-bond donors (Lipinski definition) is 2. The Balaban J connectivity index is 1.34. The molecule has 0 aliphatic heterocycles. The van der Waals surface area contributed by atoms with Crippen LogP contribution in [0.25, 0.3) is 0 Å². The Hall–Kier alpha value is -1.14. The van der Waals surface area contributed by atoms with Gasteiger partial charge in [0.2, 0.25) is 11.8 Å². The summed E-state index contributed by atoms with van der Waals surface area (Å²) >= 11 is 0. The number of ether oxygens (including phenoxy) is 2. The normalized spacial score (nSPS) is 36.5. The minimum atomic E-state index is 0.0707. The van der Waals surface area contributed by atoms with Gasteiger partial charge in [-0.2, -0.15) is 0 Å². The number of amides is 2. The summed E-state index contributed by atoms with van der Waals surface area (Å²) in [5.74, 6) is 0.526. The van der Waals surface area contributed by atoms with E-state index >= 15 is 0 Å². The molecule has 3 fully saturated rings. The zero-order valence-electron chi connectivity index (χ0n) is 17.6. The predicted octanol–water partition coefficient (Wildman–Crippen LogP) is 2.94. The molecule has 0 heterocycles. The lowest BCUT2D eigenvalue weighted by Gasteiger charge is -2.33. The fraction of sp³-hybridized carbons (Fsp3) is 0.909. The van der Waals surface area contributed by atoms with Gasteiger partial charge < -0.3 is 20.1 Å². The maximum absolute atomic E-state index is 12.6. The van der Waals surface area contributed by atoms with Crippen molar-refractivity contribution in [3.63, 3.8) is 0 Å². The first-order chi connectivity index (χ1) is 13.6. The topological polar surface area (TPSA) is 76.7 Å². The van der Waals surface area contributed by atoms with Gasteiger partial charge in [0.1, 0.15) is 0 Å². The van der Waals surface area contributed by atoms with Crippen LogP contribution in [0, 0.1) is 11.8 Å². The van der Waals surface area contributed by atoms with E-state index in [4.69, 9.17) is 9.47 Å². The third kappa shape index (κ3) is 5.93. The fourth-order valence-corrected chi connectivity index (χ4v) is 5.14. The Morgan fingerprint density at radius 2 is 0.893 bits per heavy atom. The molecule has 0 aromatic rings. The van der Waals surface area contributed by atoms with E-state index in [-0.39, 0.29) is 23.7 Å². The summed E-state index contributed by atoms with van der Waals surface area (Å²) < 4.78 is 10.8. The molecule has 160 valence electrons. The summed E-state index contributed by atoms with van der Waals surface area (Å²) in [7, 11) is 3.53. The van der Waals surface area contributed by atoms with E-state index in [0.29, 0.717) is 24.3 Å².